The van der Waals surface area contributed by atoms with Crippen LogP contribution in [0.5, 0.6) is 0 Å². The molecule has 0 aromatic carbocycles. The monoisotopic (exact) mass is 319 g/mol. The molecule has 1 saturated carbocycles. The van der Waals surface area contributed by atoms with Gasteiger partial charge in [-0.05, 0) is 24.5 Å². The Labute approximate surface area is 136 Å². The fraction of sp³-hybridized carbons (Fsp3) is 0.722. The van der Waals surface area contributed by atoms with Crippen molar-refractivity contribution < 1.29 is 18.7 Å². The molecule has 5 heteroatoms. The minimum absolute atomic E-state index is 0.204. The van der Waals surface area contributed by atoms with Gasteiger partial charge in [-0.25, -0.2) is 0 Å². The van der Waals surface area contributed by atoms with Crippen LogP contribution in [0.4, 0.5) is 0 Å². The highest BCUT2D eigenvalue weighted by molar-refractivity contribution is 5.76. The van der Waals surface area contributed by atoms with Crippen molar-refractivity contribution >= 4 is 5.91 Å². The molecular formula is C18H25NO4. The number of carbonyl (C=O) groups excluding carboxylic acids is 1. The highest BCUT2D eigenvalue weighted by atomic mass is 16.7. The average Bonchev–Trinajstić information content (AvgIpc) is 2.96. The van der Waals surface area contributed by atoms with E-state index < -0.39 is 5.79 Å². The van der Waals surface area contributed by atoms with Crippen molar-refractivity contribution in [3.8, 4) is 0 Å². The Morgan fingerprint density at radius 3 is 2.61 bits per heavy atom. The Balaban J connectivity index is 1.25. The molecule has 3 fully saturated rings. The minimum atomic E-state index is -0.409. The number of hydrogen-bond donors (Lipinski definition) is 0. The summed E-state index contributed by atoms with van der Waals surface area (Å²) in [5.41, 5.74) is 0. The normalized spacial score (nSPS) is 29.2. The highest BCUT2D eigenvalue weighted by Crippen LogP contribution is 2.47. The van der Waals surface area contributed by atoms with Crippen molar-refractivity contribution in [2.24, 2.45) is 5.92 Å². The van der Waals surface area contributed by atoms with Crippen molar-refractivity contribution in [3.63, 3.8) is 0 Å². The first-order valence-corrected chi connectivity index (χ1v) is 8.79. The molecule has 2 saturated heterocycles. The van der Waals surface area contributed by atoms with Crippen LogP contribution in [0.2, 0.25) is 0 Å². The topological polar surface area (TPSA) is 51.9 Å². The van der Waals surface area contributed by atoms with Crippen LogP contribution >= 0.6 is 0 Å². The molecule has 2 aliphatic heterocycles. The van der Waals surface area contributed by atoms with Crippen molar-refractivity contribution in [2.75, 3.05) is 26.3 Å². The number of likely N-dealkylation sites (tertiary alicyclic amines) is 1. The number of carbonyl (C=O) groups is 1. The molecule has 0 bridgehead atoms. The van der Waals surface area contributed by atoms with E-state index in [-0.39, 0.29) is 5.91 Å². The van der Waals surface area contributed by atoms with Gasteiger partial charge >= 0.3 is 0 Å². The van der Waals surface area contributed by atoms with Gasteiger partial charge in [-0.1, -0.05) is 6.92 Å². The summed E-state index contributed by atoms with van der Waals surface area (Å²) < 4.78 is 17.3. The summed E-state index contributed by atoms with van der Waals surface area (Å²) in [6, 6.07) is 4.10. The summed E-state index contributed by atoms with van der Waals surface area (Å²) in [7, 11) is 0. The predicted molar refractivity (Wildman–Crippen MR) is 84.0 cm³/mol. The van der Waals surface area contributed by atoms with E-state index in [0.717, 1.165) is 43.4 Å². The van der Waals surface area contributed by atoms with E-state index in [1.807, 2.05) is 11.0 Å². The molecule has 5 nitrogen and oxygen atoms in total. The number of furan rings is 1. The predicted octanol–water partition coefficient (Wildman–Crippen LogP) is 2.70. The lowest BCUT2D eigenvalue weighted by Gasteiger charge is -2.37. The van der Waals surface area contributed by atoms with Crippen molar-refractivity contribution in [1.29, 1.82) is 0 Å². The summed E-state index contributed by atoms with van der Waals surface area (Å²) >= 11 is 0. The molecule has 1 spiro atoms. The van der Waals surface area contributed by atoms with E-state index in [1.165, 1.54) is 6.42 Å². The van der Waals surface area contributed by atoms with Crippen LogP contribution in [0.1, 0.15) is 50.0 Å². The maximum Gasteiger partial charge on any atom is 0.223 e. The Bertz CT molecular complexity index is 565. The van der Waals surface area contributed by atoms with E-state index in [2.05, 4.69) is 13.0 Å². The van der Waals surface area contributed by atoms with E-state index in [4.69, 9.17) is 13.9 Å². The Morgan fingerprint density at radius 1 is 1.26 bits per heavy atom. The quantitative estimate of drug-likeness (QED) is 0.856. The largest absolute Gasteiger partial charge is 0.466 e. The van der Waals surface area contributed by atoms with Gasteiger partial charge < -0.3 is 18.8 Å². The molecule has 1 amide bonds. The first-order chi connectivity index (χ1) is 11.2. The molecule has 4 rings (SSSR count). The standard InChI is InChI=1S/C18H25NO4/c1-13-12-15(13)16-4-2-14(23-16)3-5-17(20)19-8-6-18(7-9-19)21-10-11-22-18/h2,4,13,15H,3,5-12H2,1H3. The average molecular weight is 319 g/mol. The maximum atomic E-state index is 12.4. The number of amides is 1. The molecule has 0 radical (unpaired) electrons. The van der Waals surface area contributed by atoms with Gasteiger partial charge in [-0.15, -0.1) is 0 Å². The molecule has 1 aliphatic carbocycles. The zero-order valence-corrected chi connectivity index (χ0v) is 13.8. The van der Waals surface area contributed by atoms with Crippen molar-refractivity contribution in [2.45, 2.75) is 50.7 Å². The van der Waals surface area contributed by atoms with Crippen LogP contribution in [-0.4, -0.2) is 42.9 Å². The number of rotatable bonds is 4. The lowest BCUT2D eigenvalue weighted by molar-refractivity contribution is -0.187. The third-order valence-electron chi connectivity index (χ3n) is 5.43. The van der Waals surface area contributed by atoms with Gasteiger partial charge in [0.2, 0.25) is 5.91 Å². The van der Waals surface area contributed by atoms with Crippen LogP contribution in [0.15, 0.2) is 16.5 Å². The third-order valence-corrected chi connectivity index (χ3v) is 5.43. The van der Waals surface area contributed by atoms with Gasteiger partial charge in [0.15, 0.2) is 5.79 Å². The molecular weight excluding hydrogens is 294 g/mol. The zero-order valence-electron chi connectivity index (χ0n) is 13.8. The second-order valence-corrected chi connectivity index (χ2v) is 7.11. The van der Waals surface area contributed by atoms with Gasteiger partial charge in [-0.3, -0.25) is 4.79 Å². The summed E-state index contributed by atoms with van der Waals surface area (Å²) in [4.78, 5) is 14.3. The molecule has 1 aromatic heterocycles. The molecule has 3 aliphatic rings. The molecule has 3 heterocycles. The lowest BCUT2D eigenvalue weighted by Crippen LogP contribution is -2.47. The van der Waals surface area contributed by atoms with E-state index in [9.17, 15) is 4.79 Å². The number of aryl methyl sites for hydroxylation is 1. The maximum absolute atomic E-state index is 12.4. The fourth-order valence-electron chi connectivity index (χ4n) is 3.72. The van der Waals surface area contributed by atoms with E-state index >= 15 is 0 Å². The highest BCUT2D eigenvalue weighted by Gasteiger charge is 2.40. The Morgan fingerprint density at radius 2 is 1.96 bits per heavy atom. The smallest absolute Gasteiger partial charge is 0.223 e. The lowest BCUT2D eigenvalue weighted by atomic mass is 10.0. The molecule has 1 aromatic rings. The minimum Gasteiger partial charge on any atom is -0.466 e. The van der Waals surface area contributed by atoms with Gasteiger partial charge in [-0.2, -0.15) is 0 Å². The molecule has 2 unspecified atom stereocenters. The molecule has 23 heavy (non-hydrogen) atoms. The summed E-state index contributed by atoms with van der Waals surface area (Å²) in [5, 5.41) is 0. The second-order valence-electron chi connectivity index (χ2n) is 7.11. The van der Waals surface area contributed by atoms with E-state index in [1.54, 1.807) is 0 Å². The number of nitrogens with zero attached hydrogens (tertiary/aromatic N) is 1. The number of ether oxygens (including phenoxy) is 2. The van der Waals surface area contributed by atoms with Crippen LogP contribution in [0.3, 0.4) is 0 Å². The first kappa shape index (κ1) is 15.2. The fourth-order valence-corrected chi connectivity index (χ4v) is 3.72. The van der Waals surface area contributed by atoms with Gasteiger partial charge in [0.05, 0.1) is 13.2 Å². The number of hydrogen-bond acceptors (Lipinski definition) is 4. The van der Waals surface area contributed by atoms with Crippen molar-refractivity contribution in [3.05, 3.63) is 23.7 Å². The summed E-state index contributed by atoms with van der Waals surface area (Å²) in [5.74, 6) is 3.17. The van der Waals surface area contributed by atoms with Gasteiger partial charge in [0, 0.05) is 44.7 Å². The SMILES string of the molecule is CC1CC1c1ccc(CCC(=O)N2CCC3(CC2)OCCO3)o1. The second kappa shape index (κ2) is 5.95. The number of piperidine rings is 1. The van der Waals surface area contributed by atoms with Crippen molar-refractivity contribution in [1.82, 2.24) is 4.90 Å². The molecule has 2 atom stereocenters. The van der Waals surface area contributed by atoms with Crippen LogP contribution in [0.25, 0.3) is 0 Å². The van der Waals surface area contributed by atoms with Crippen LogP contribution in [0, 0.1) is 5.92 Å². The summed E-state index contributed by atoms with van der Waals surface area (Å²) in [6.45, 7) is 5.05. The van der Waals surface area contributed by atoms with Crippen LogP contribution < -0.4 is 0 Å². The Kier molecular flexibility index (Phi) is 3.93. The van der Waals surface area contributed by atoms with Crippen LogP contribution in [-0.2, 0) is 20.7 Å². The third kappa shape index (κ3) is 3.17. The van der Waals surface area contributed by atoms with E-state index in [0.29, 0.717) is 32.0 Å². The molecule has 0 N–H and O–H groups in total. The van der Waals surface area contributed by atoms with Gasteiger partial charge in [0.1, 0.15) is 11.5 Å². The van der Waals surface area contributed by atoms with Gasteiger partial charge in [0.25, 0.3) is 0 Å². The first-order valence-electron chi connectivity index (χ1n) is 8.79. The molecule has 126 valence electrons. The Hall–Kier alpha value is -1.33. The summed E-state index contributed by atoms with van der Waals surface area (Å²) in [6.07, 6.45) is 3.99. The zero-order chi connectivity index (χ0) is 15.9.